The first-order valence-electron chi connectivity index (χ1n) is 5.12. The van der Waals surface area contributed by atoms with Crippen molar-refractivity contribution >= 4 is 0 Å². The highest BCUT2D eigenvalue weighted by atomic mass is 19.1. The summed E-state index contributed by atoms with van der Waals surface area (Å²) >= 11 is 0. The van der Waals surface area contributed by atoms with E-state index in [1.54, 1.807) is 0 Å². The second-order valence-corrected chi connectivity index (χ2v) is 3.89. The van der Waals surface area contributed by atoms with Gasteiger partial charge >= 0.3 is 0 Å². The molecule has 3 N–H and O–H groups in total. The molecule has 0 radical (unpaired) electrons. The smallest absolute Gasteiger partial charge is 0.130 e. The van der Waals surface area contributed by atoms with Crippen LogP contribution in [0, 0.1) is 11.6 Å². The molecule has 2 unspecified atom stereocenters. The van der Waals surface area contributed by atoms with Gasteiger partial charge in [0.05, 0.1) is 0 Å². The largest absolute Gasteiger partial charge is 0.323 e. The Hall–Kier alpha value is -1.00. The van der Waals surface area contributed by atoms with Gasteiger partial charge in [0.1, 0.15) is 11.6 Å². The van der Waals surface area contributed by atoms with Crippen LogP contribution in [0.4, 0.5) is 8.78 Å². The lowest BCUT2D eigenvalue weighted by molar-refractivity contribution is 0.473. The Balaban J connectivity index is 2.20. The molecule has 2 rings (SSSR count). The molecule has 1 fully saturated rings. The Morgan fingerprint density at radius 2 is 2.20 bits per heavy atom. The summed E-state index contributed by atoms with van der Waals surface area (Å²) < 4.78 is 26.1. The third-order valence-corrected chi connectivity index (χ3v) is 2.85. The maximum atomic E-state index is 13.4. The average Bonchev–Trinajstić information content (AvgIpc) is 2.69. The number of benzene rings is 1. The number of nitrogens with two attached hydrogens (primary N) is 1. The molecule has 15 heavy (non-hydrogen) atoms. The fraction of sp³-hybridized carbons (Fsp3) is 0.455. The maximum Gasteiger partial charge on any atom is 0.130 e. The molecule has 4 heteroatoms. The quantitative estimate of drug-likeness (QED) is 0.783. The van der Waals surface area contributed by atoms with Crippen molar-refractivity contribution in [1.82, 2.24) is 5.32 Å². The molecule has 0 aromatic heterocycles. The van der Waals surface area contributed by atoms with Crippen molar-refractivity contribution in [2.45, 2.75) is 24.9 Å². The predicted molar refractivity (Wildman–Crippen MR) is 54.3 cm³/mol. The molecule has 0 bridgehead atoms. The average molecular weight is 212 g/mol. The van der Waals surface area contributed by atoms with Crippen LogP contribution in [0.1, 0.15) is 24.4 Å². The maximum absolute atomic E-state index is 13.4. The molecular formula is C11H14F2N2. The summed E-state index contributed by atoms with van der Waals surface area (Å²) in [7, 11) is 0. The Morgan fingerprint density at radius 1 is 1.40 bits per heavy atom. The molecule has 1 aromatic rings. The van der Waals surface area contributed by atoms with Gasteiger partial charge in [-0.05, 0) is 25.5 Å². The third kappa shape index (κ3) is 2.16. The van der Waals surface area contributed by atoms with E-state index < -0.39 is 17.7 Å². The van der Waals surface area contributed by atoms with Crippen LogP contribution in [0.2, 0.25) is 0 Å². The Labute approximate surface area is 87.5 Å². The molecule has 1 aromatic carbocycles. The first-order chi connectivity index (χ1) is 7.18. The van der Waals surface area contributed by atoms with Gasteiger partial charge in [0, 0.05) is 23.7 Å². The van der Waals surface area contributed by atoms with E-state index in [1.807, 2.05) is 0 Å². The summed E-state index contributed by atoms with van der Waals surface area (Å²) in [4.78, 5) is 0. The van der Waals surface area contributed by atoms with E-state index in [0.29, 0.717) is 5.56 Å². The Morgan fingerprint density at radius 3 is 2.80 bits per heavy atom. The van der Waals surface area contributed by atoms with E-state index in [2.05, 4.69) is 5.32 Å². The van der Waals surface area contributed by atoms with Crippen LogP contribution in [-0.2, 0) is 0 Å². The Kier molecular flexibility index (Phi) is 2.98. The second-order valence-electron chi connectivity index (χ2n) is 3.89. The molecule has 0 spiro atoms. The van der Waals surface area contributed by atoms with Crippen LogP contribution in [-0.4, -0.2) is 12.6 Å². The zero-order chi connectivity index (χ0) is 10.8. The summed E-state index contributed by atoms with van der Waals surface area (Å²) in [5, 5.41) is 3.21. The van der Waals surface area contributed by atoms with Crippen LogP contribution in [0.25, 0.3) is 0 Å². The second kappa shape index (κ2) is 4.24. The summed E-state index contributed by atoms with van der Waals surface area (Å²) in [5.74, 6) is -1.13. The SMILES string of the molecule is NC(c1ccc(F)cc1F)C1CCCN1. The number of nitrogens with one attached hydrogen (secondary N) is 1. The van der Waals surface area contributed by atoms with Crippen molar-refractivity contribution in [1.29, 1.82) is 0 Å². The summed E-state index contributed by atoms with van der Waals surface area (Å²) in [6, 6.07) is 3.25. The minimum Gasteiger partial charge on any atom is -0.323 e. The summed E-state index contributed by atoms with van der Waals surface area (Å²) in [5.41, 5.74) is 6.31. The van der Waals surface area contributed by atoms with E-state index in [9.17, 15) is 8.78 Å². The van der Waals surface area contributed by atoms with Gasteiger partial charge in [-0.25, -0.2) is 8.78 Å². The monoisotopic (exact) mass is 212 g/mol. The first kappa shape index (κ1) is 10.5. The molecule has 1 heterocycles. The van der Waals surface area contributed by atoms with Crippen LogP contribution in [0.5, 0.6) is 0 Å². The highest BCUT2D eigenvalue weighted by molar-refractivity contribution is 5.23. The van der Waals surface area contributed by atoms with Crippen LogP contribution in [0.3, 0.4) is 0 Å². The van der Waals surface area contributed by atoms with E-state index in [1.165, 1.54) is 12.1 Å². The van der Waals surface area contributed by atoms with E-state index in [-0.39, 0.29) is 6.04 Å². The van der Waals surface area contributed by atoms with Gasteiger partial charge in [-0.2, -0.15) is 0 Å². The number of rotatable bonds is 2. The minimum absolute atomic E-state index is 0.102. The molecule has 82 valence electrons. The highest BCUT2D eigenvalue weighted by Crippen LogP contribution is 2.23. The van der Waals surface area contributed by atoms with E-state index in [4.69, 9.17) is 5.73 Å². The van der Waals surface area contributed by atoms with Crippen molar-refractivity contribution in [3.05, 3.63) is 35.4 Å². The fourth-order valence-electron chi connectivity index (χ4n) is 2.01. The van der Waals surface area contributed by atoms with Crippen molar-refractivity contribution < 1.29 is 8.78 Å². The molecule has 1 saturated heterocycles. The molecule has 1 aliphatic rings. The molecule has 1 aliphatic heterocycles. The first-order valence-corrected chi connectivity index (χ1v) is 5.12. The minimum atomic E-state index is -0.567. The highest BCUT2D eigenvalue weighted by Gasteiger charge is 2.24. The molecule has 0 amide bonds. The zero-order valence-electron chi connectivity index (χ0n) is 8.34. The van der Waals surface area contributed by atoms with E-state index in [0.717, 1.165) is 25.5 Å². The third-order valence-electron chi connectivity index (χ3n) is 2.85. The van der Waals surface area contributed by atoms with Gasteiger partial charge in [0.2, 0.25) is 0 Å². The summed E-state index contributed by atoms with van der Waals surface area (Å²) in [6.07, 6.45) is 2.00. The number of hydrogen-bond donors (Lipinski definition) is 2. The van der Waals surface area contributed by atoms with Gasteiger partial charge in [-0.3, -0.25) is 0 Å². The molecule has 2 nitrogen and oxygen atoms in total. The number of hydrogen-bond acceptors (Lipinski definition) is 2. The number of halogens is 2. The molecule has 0 saturated carbocycles. The molecule has 0 aliphatic carbocycles. The van der Waals surface area contributed by atoms with Gasteiger partial charge in [-0.1, -0.05) is 6.07 Å². The van der Waals surface area contributed by atoms with Gasteiger partial charge < -0.3 is 11.1 Å². The zero-order valence-corrected chi connectivity index (χ0v) is 8.34. The Bertz CT molecular complexity index is 348. The van der Waals surface area contributed by atoms with Crippen LogP contribution < -0.4 is 11.1 Å². The normalized spacial score (nSPS) is 23.0. The fourth-order valence-corrected chi connectivity index (χ4v) is 2.01. The molecule has 2 atom stereocenters. The lowest BCUT2D eigenvalue weighted by Gasteiger charge is -2.20. The van der Waals surface area contributed by atoms with Crippen molar-refractivity contribution in [3.8, 4) is 0 Å². The molecular weight excluding hydrogens is 198 g/mol. The van der Waals surface area contributed by atoms with Crippen molar-refractivity contribution in [3.63, 3.8) is 0 Å². The lowest BCUT2D eigenvalue weighted by Crippen LogP contribution is -2.34. The lowest BCUT2D eigenvalue weighted by atomic mass is 9.98. The topological polar surface area (TPSA) is 38.0 Å². The van der Waals surface area contributed by atoms with Crippen molar-refractivity contribution in [2.24, 2.45) is 5.73 Å². The van der Waals surface area contributed by atoms with Crippen LogP contribution in [0.15, 0.2) is 18.2 Å². The van der Waals surface area contributed by atoms with Gasteiger partial charge in [-0.15, -0.1) is 0 Å². The standard InChI is InChI=1S/C11H14F2N2/c12-7-3-4-8(9(13)6-7)11(14)10-2-1-5-15-10/h3-4,6,10-11,15H,1-2,5,14H2. The predicted octanol–water partition coefficient (Wildman–Crippen LogP) is 1.72. The van der Waals surface area contributed by atoms with Gasteiger partial charge in [0.15, 0.2) is 0 Å². The van der Waals surface area contributed by atoms with Crippen LogP contribution >= 0.6 is 0 Å². The van der Waals surface area contributed by atoms with Crippen molar-refractivity contribution in [2.75, 3.05) is 6.54 Å². The summed E-state index contributed by atoms with van der Waals surface area (Å²) in [6.45, 7) is 0.918. The van der Waals surface area contributed by atoms with Gasteiger partial charge in [0.25, 0.3) is 0 Å². The van der Waals surface area contributed by atoms with E-state index >= 15 is 0 Å².